The Morgan fingerprint density at radius 2 is 1.19 bits per heavy atom. The van der Waals surface area contributed by atoms with Gasteiger partial charge in [-0.2, -0.15) is 0 Å². The van der Waals surface area contributed by atoms with E-state index in [9.17, 15) is 22.0 Å². The van der Waals surface area contributed by atoms with Crippen molar-refractivity contribution < 1.29 is 26.7 Å². The van der Waals surface area contributed by atoms with Crippen LogP contribution in [0.15, 0.2) is 0 Å². The molecule has 0 aliphatic heterocycles. The lowest BCUT2D eigenvalue weighted by Gasteiger charge is -2.25. The first-order chi connectivity index (χ1) is 7.24. The quantitative estimate of drug-likeness (QED) is 0.330. The van der Waals surface area contributed by atoms with Gasteiger partial charge in [0, 0.05) is 7.11 Å². The van der Waals surface area contributed by atoms with Crippen LogP contribution in [0.5, 0.6) is 0 Å². The highest BCUT2D eigenvalue weighted by Crippen LogP contribution is 2.31. The van der Waals surface area contributed by atoms with E-state index in [2.05, 4.69) is 0 Å². The smallest absolute Gasteiger partial charge is 0.200 e. The Morgan fingerprint density at radius 1 is 0.875 bits per heavy atom. The Labute approximate surface area is 89.6 Å². The minimum Gasteiger partial charge on any atom is -0.383 e. The SMILES string of the molecule is BC(C)(OC)c1c(F)c(F)c(F)c(F)c1F. The third-order valence-electron chi connectivity index (χ3n) is 2.32. The molecule has 0 aliphatic rings. The monoisotopic (exact) mass is 238 g/mol. The number of ether oxygens (including phenoxy) is 1. The van der Waals surface area contributed by atoms with Gasteiger partial charge >= 0.3 is 0 Å². The Balaban J connectivity index is 3.65. The van der Waals surface area contributed by atoms with E-state index in [1.54, 1.807) is 0 Å². The standard InChI is InChI=1S/C9H8BF5O/c1-9(10,16-2)3-4(11)6(13)8(15)7(14)5(3)12/h10H2,1-2H3. The molecule has 16 heavy (non-hydrogen) atoms. The van der Waals surface area contributed by atoms with Crippen LogP contribution in [0.3, 0.4) is 0 Å². The zero-order valence-corrected chi connectivity index (χ0v) is 8.80. The van der Waals surface area contributed by atoms with E-state index in [4.69, 9.17) is 4.74 Å². The van der Waals surface area contributed by atoms with Gasteiger partial charge in [0.25, 0.3) is 0 Å². The summed E-state index contributed by atoms with van der Waals surface area (Å²) in [4.78, 5) is 0. The van der Waals surface area contributed by atoms with E-state index in [1.165, 1.54) is 14.8 Å². The molecule has 0 radical (unpaired) electrons. The molecule has 7 heteroatoms. The van der Waals surface area contributed by atoms with Crippen LogP contribution in [-0.2, 0) is 10.2 Å². The van der Waals surface area contributed by atoms with Gasteiger partial charge in [-0.1, -0.05) is 0 Å². The molecular formula is C9H8BF5O. The average Bonchev–Trinajstić information content (AvgIpc) is 2.23. The van der Waals surface area contributed by atoms with Gasteiger partial charge in [0.05, 0.1) is 11.1 Å². The Kier molecular flexibility index (Phi) is 3.28. The number of benzene rings is 1. The van der Waals surface area contributed by atoms with Crippen molar-refractivity contribution >= 4 is 7.85 Å². The molecule has 0 bridgehead atoms. The molecule has 0 saturated heterocycles. The molecule has 1 rings (SSSR count). The molecule has 0 N–H and O–H groups in total. The number of hydrogen-bond donors (Lipinski definition) is 0. The van der Waals surface area contributed by atoms with E-state index in [0.29, 0.717) is 0 Å². The van der Waals surface area contributed by atoms with Crippen molar-refractivity contribution in [1.82, 2.24) is 0 Å². The van der Waals surface area contributed by atoms with Crippen molar-refractivity contribution in [2.45, 2.75) is 12.4 Å². The number of halogens is 5. The van der Waals surface area contributed by atoms with Gasteiger partial charge in [0.2, 0.25) is 5.82 Å². The maximum atomic E-state index is 13.3. The van der Waals surface area contributed by atoms with Crippen molar-refractivity contribution in [1.29, 1.82) is 0 Å². The van der Waals surface area contributed by atoms with Crippen molar-refractivity contribution in [2.24, 2.45) is 0 Å². The van der Waals surface area contributed by atoms with Crippen molar-refractivity contribution in [3.63, 3.8) is 0 Å². The molecule has 1 atom stereocenters. The summed E-state index contributed by atoms with van der Waals surface area (Å²) < 4.78 is 69.7. The van der Waals surface area contributed by atoms with Crippen molar-refractivity contribution in [3.8, 4) is 0 Å². The lowest BCUT2D eigenvalue weighted by atomic mass is 9.76. The Bertz CT molecular complexity index is 403. The second kappa shape index (κ2) is 4.05. The fourth-order valence-electron chi connectivity index (χ4n) is 1.24. The van der Waals surface area contributed by atoms with Crippen LogP contribution in [-0.4, -0.2) is 15.0 Å². The van der Waals surface area contributed by atoms with Crippen LogP contribution >= 0.6 is 0 Å². The molecule has 0 fully saturated rings. The van der Waals surface area contributed by atoms with Gasteiger partial charge in [0.15, 0.2) is 23.3 Å². The summed E-state index contributed by atoms with van der Waals surface area (Å²) in [7, 11) is 2.31. The molecule has 1 aromatic rings. The molecule has 0 amide bonds. The highest BCUT2D eigenvalue weighted by atomic mass is 19.2. The highest BCUT2D eigenvalue weighted by molar-refractivity contribution is 6.14. The van der Waals surface area contributed by atoms with Gasteiger partial charge in [-0.25, -0.2) is 22.0 Å². The topological polar surface area (TPSA) is 9.23 Å². The van der Waals surface area contributed by atoms with E-state index in [0.717, 1.165) is 7.11 Å². The number of methoxy groups -OCH3 is 1. The van der Waals surface area contributed by atoms with Crippen LogP contribution in [0.2, 0.25) is 0 Å². The van der Waals surface area contributed by atoms with E-state index in [-0.39, 0.29) is 0 Å². The highest BCUT2D eigenvalue weighted by Gasteiger charge is 2.34. The summed E-state index contributed by atoms with van der Waals surface area (Å²) in [5, 5.41) is 0. The van der Waals surface area contributed by atoms with Crippen LogP contribution in [0.25, 0.3) is 0 Å². The molecule has 0 saturated carbocycles. The second-order valence-corrected chi connectivity index (χ2v) is 3.66. The van der Waals surface area contributed by atoms with E-state index < -0.39 is 40.1 Å². The summed E-state index contributed by atoms with van der Waals surface area (Å²) >= 11 is 0. The fourth-order valence-corrected chi connectivity index (χ4v) is 1.24. The number of hydrogen-bond acceptors (Lipinski definition) is 1. The van der Waals surface area contributed by atoms with Crippen LogP contribution < -0.4 is 0 Å². The molecule has 0 aromatic heterocycles. The summed E-state index contributed by atoms with van der Waals surface area (Å²) in [5.74, 6) is -9.87. The maximum absolute atomic E-state index is 13.3. The van der Waals surface area contributed by atoms with Crippen LogP contribution in [0.4, 0.5) is 22.0 Å². The normalized spacial score (nSPS) is 14.9. The van der Waals surface area contributed by atoms with E-state index >= 15 is 0 Å². The molecule has 0 aliphatic carbocycles. The zero-order chi connectivity index (χ0) is 12.7. The van der Waals surface area contributed by atoms with Gasteiger partial charge in [-0.15, -0.1) is 0 Å². The van der Waals surface area contributed by atoms with Crippen molar-refractivity contribution in [2.75, 3.05) is 7.11 Å². The summed E-state index contributed by atoms with van der Waals surface area (Å²) in [6, 6.07) is 0. The van der Waals surface area contributed by atoms with Gasteiger partial charge in [-0.3, -0.25) is 0 Å². The average molecular weight is 238 g/mol. The second-order valence-electron chi connectivity index (χ2n) is 3.66. The first-order valence-electron chi connectivity index (χ1n) is 4.31. The number of rotatable bonds is 2. The Morgan fingerprint density at radius 3 is 1.50 bits per heavy atom. The maximum Gasteiger partial charge on any atom is 0.200 e. The molecule has 0 heterocycles. The zero-order valence-electron chi connectivity index (χ0n) is 8.80. The minimum atomic E-state index is -2.18. The predicted octanol–water partition coefficient (Wildman–Crippen LogP) is 1.83. The molecule has 1 nitrogen and oxygen atoms in total. The van der Waals surface area contributed by atoms with Gasteiger partial charge in [0.1, 0.15) is 7.85 Å². The molecule has 0 spiro atoms. The molecule has 1 unspecified atom stereocenters. The first-order valence-corrected chi connectivity index (χ1v) is 4.31. The lowest BCUT2D eigenvalue weighted by molar-refractivity contribution is 0.0691. The summed E-state index contributed by atoms with van der Waals surface area (Å²) in [6.45, 7) is 1.20. The summed E-state index contributed by atoms with van der Waals surface area (Å²) in [6.07, 6.45) is 0. The predicted molar refractivity (Wildman–Crippen MR) is 49.1 cm³/mol. The first kappa shape index (κ1) is 13.0. The van der Waals surface area contributed by atoms with Gasteiger partial charge < -0.3 is 4.74 Å². The summed E-state index contributed by atoms with van der Waals surface area (Å²) in [5.41, 5.74) is -2.59. The third-order valence-corrected chi connectivity index (χ3v) is 2.32. The fraction of sp³-hybridized carbons (Fsp3) is 0.333. The Hall–Kier alpha value is -1.11. The minimum absolute atomic E-state index is 0.980. The molecular weight excluding hydrogens is 230 g/mol. The van der Waals surface area contributed by atoms with Crippen LogP contribution in [0.1, 0.15) is 12.5 Å². The third kappa shape index (κ3) is 1.79. The molecule has 88 valence electrons. The van der Waals surface area contributed by atoms with Gasteiger partial charge in [-0.05, 0) is 6.92 Å². The van der Waals surface area contributed by atoms with Crippen LogP contribution in [0, 0.1) is 29.1 Å². The van der Waals surface area contributed by atoms with E-state index in [1.807, 2.05) is 0 Å². The molecule has 1 aromatic carbocycles. The largest absolute Gasteiger partial charge is 0.383 e. The lowest BCUT2D eigenvalue weighted by Crippen LogP contribution is -2.29. The van der Waals surface area contributed by atoms with Crippen molar-refractivity contribution in [3.05, 3.63) is 34.6 Å².